The predicted molar refractivity (Wildman–Crippen MR) is 58.8 cm³/mol. The molecule has 0 saturated heterocycles. The first kappa shape index (κ1) is 11.5. The molecule has 0 aliphatic rings. The van der Waals surface area contributed by atoms with Crippen molar-refractivity contribution in [1.29, 1.82) is 0 Å². The molecule has 0 bridgehead atoms. The lowest BCUT2D eigenvalue weighted by molar-refractivity contribution is -0.116. The van der Waals surface area contributed by atoms with Crippen molar-refractivity contribution in [1.82, 2.24) is 5.32 Å². The van der Waals surface area contributed by atoms with Crippen LogP contribution in [-0.4, -0.2) is 12.3 Å². The van der Waals surface area contributed by atoms with Gasteiger partial charge in [-0.25, -0.2) is 0 Å². The molecule has 0 unspecified atom stereocenters. The number of benzene rings is 1. The Labute approximate surface area is 93.2 Å². The molecule has 0 atom stereocenters. The summed E-state index contributed by atoms with van der Waals surface area (Å²) >= 11 is 11.7. The number of hydrogen-bond acceptors (Lipinski definition) is 2. The van der Waals surface area contributed by atoms with E-state index in [9.17, 15) is 4.79 Å². The lowest BCUT2D eigenvalue weighted by Crippen LogP contribution is -2.20. The molecular weight excluding hydrogens is 221 g/mol. The second kappa shape index (κ2) is 5.35. The number of carbonyl (C=O) groups is 1. The first-order valence-corrected chi connectivity index (χ1v) is 4.99. The maximum atomic E-state index is 10.7. The Hall–Kier alpha value is -0.570. The number of halogens is 2. The van der Waals surface area contributed by atoms with Gasteiger partial charge in [0.05, 0.1) is 6.54 Å². The first-order chi connectivity index (χ1) is 6.59. The van der Waals surface area contributed by atoms with Crippen molar-refractivity contribution in [2.75, 3.05) is 6.54 Å². The minimum Gasteiger partial charge on any atom is -0.306 e. The van der Waals surface area contributed by atoms with Gasteiger partial charge in [0.15, 0.2) is 0 Å². The fraction of sp³-hybridized carbons (Fsp3) is 0.300. The zero-order valence-electron chi connectivity index (χ0n) is 7.81. The summed E-state index contributed by atoms with van der Waals surface area (Å²) < 4.78 is 0. The van der Waals surface area contributed by atoms with Gasteiger partial charge in [0.25, 0.3) is 0 Å². The number of rotatable bonds is 4. The molecule has 0 amide bonds. The number of hydrogen-bond donors (Lipinski definition) is 1. The monoisotopic (exact) mass is 231 g/mol. The van der Waals surface area contributed by atoms with Gasteiger partial charge in [-0.1, -0.05) is 29.3 Å². The van der Waals surface area contributed by atoms with E-state index in [0.29, 0.717) is 23.1 Å². The number of carbonyl (C=O) groups excluding carboxylic acids is 1. The van der Waals surface area contributed by atoms with E-state index >= 15 is 0 Å². The highest BCUT2D eigenvalue weighted by molar-refractivity contribution is 6.35. The Bertz CT molecular complexity index is 339. The summed E-state index contributed by atoms with van der Waals surface area (Å²) in [5.74, 6) is 0.107. The minimum absolute atomic E-state index is 0.107. The molecule has 0 saturated carbocycles. The van der Waals surface area contributed by atoms with Crippen LogP contribution < -0.4 is 5.32 Å². The Morgan fingerprint density at radius 2 is 2.14 bits per heavy atom. The standard InChI is InChI=1S/C10H11Cl2NO/c1-7(14)5-13-6-8-2-3-9(11)4-10(8)12/h2-4,13H,5-6H2,1H3. The van der Waals surface area contributed by atoms with Crippen LogP contribution in [0.1, 0.15) is 12.5 Å². The molecule has 0 spiro atoms. The van der Waals surface area contributed by atoms with Crippen LogP contribution >= 0.6 is 23.2 Å². The highest BCUT2D eigenvalue weighted by atomic mass is 35.5. The van der Waals surface area contributed by atoms with Crippen LogP contribution in [0.4, 0.5) is 0 Å². The summed E-state index contributed by atoms with van der Waals surface area (Å²) in [4.78, 5) is 10.7. The van der Waals surface area contributed by atoms with Crippen molar-refractivity contribution < 1.29 is 4.79 Å². The molecule has 0 heterocycles. The summed E-state index contributed by atoms with van der Waals surface area (Å²) in [6.07, 6.45) is 0. The molecule has 0 aliphatic carbocycles. The van der Waals surface area contributed by atoms with E-state index in [1.54, 1.807) is 12.1 Å². The highest BCUT2D eigenvalue weighted by Crippen LogP contribution is 2.20. The molecule has 0 radical (unpaired) electrons. The van der Waals surface area contributed by atoms with E-state index < -0.39 is 0 Å². The number of nitrogens with one attached hydrogen (secondary N) is 1. The van der Waals surface area contributed by atoms with Crippen LogP contribution in [0.25, 0.3) is 0 Å². The van der Waals surface area contributed by atoms with Gasteiger partial charge in [-0.05, 0) is 24.6 Å². The van der Waals surface area contributed by atoms with Gasteiger partial charge in [0.1, 0.15) is 5.78 Å². The third kappa shape index (κ3) is 3.66. The first-order valence-electron chi connectivity index (χ1n) is 4.23. The minimum atomic E-state index is 0.107. The average molecular weight is 232 g/mol. The van der Waals surface area contributed by atoms with E-state index in [1.165, 1.54) is 6.92 Å². The van der Waals surface area contributed by atoms with Crippen LogP contribution in [0.15, 0.2) is 18.2 Å². The molecule has 14 heavy (non-hydrogen) atoms. The van der Waals surface area contributed by atoms with Crippen molar-refractivity contribution in [2.45, 2.75) is 13.5 Å². The smallest absolute Gasteiger partial charge is 0.143 e. The summed E-state index contributed by atoms with van der Waals surface area (Å²) in [6.45, 7) is 2.48. The SMILES string of the molecule is CC(=O)CNCc1ccc(Cl)cc1Cl. The molecule has 76 valence electrons. The van der Waals surface area contributed by atoms with Gasteiger partial charge in [-0.3, -0.25) is 4.79 Å². The second-order valence-corrected chi connectivity index (χ2v) is 3.88. The van der Waals surface area contributed by atoms with E-state index in [2.05, 4.69) is 5.32 Å². The molecule has 2 nitrogen and oxygen atoms in total. The van der Waals surface area contributed by atoms with Gasteiger partial charge in [-0.15, -0.1) is 0 Å². The Morgan fingerprint density at radius 1 is 1.43 bits per heavy atom. The van der Waals surface area contributed by atoms with Crippen molar-refractivity contribution in [3.8, 4) is 0 Å². The molecule has 1 N–H and O–H groups in total. The number of ketones is 1. The number of Topliss-reactive ketones (excluding diaryl/α,β-unsaturated/α-hetero) is 1. The van der Waals surface area contributed by atoms with Crippen LogP contribution in [-0.2, 0) is 11.3 Å². The fourth-order valence-electron chi connectivity index (χ4n) is 1.04. The van der Waals surface area contributed by atoms with Crippen molar-refractivity contribution in [2.24, 2.45) is 0 Å². The molecule has 0 aliphatic heterocycles. The third-order valence-corrected chi connectivity index (χ3v) is 2.29. The summed E-state index contributed by atoms with van der Waals surface area (Å²) in [6, 6.07) is 5.31. The lowest BCUT2D eigenvalue weighted by Gasteiger charge is -2.05. The Kier molecular flexibility index (Phi) is 4.39. The maximum absolute atomic E-state index is 10.7. The molecular formula is C10H11Cl2NO. The normalized spacial score (nSPS) is 10.2. The molecule has 4 heteroatoms. The van der Waals surface area contributed by atoms with Crippen LogP contribution in [0, 0.1) is 0 Å². The van der Waals surface area contributed by atoms with E-state index in [0.717, 1.165) is 5.56 Å². The quantitative estimate of drug-likeness (QED) is 0.864. The zero-order chi connectivity index (χ0) is 10.6. The summed E-state index contributed by atoms with van der Waals surface area (Å²) in [5.41, 5.74) is 0.942. The predicted octanol–water partition coefficient (Wildman–Crippen LogP) is 2.67. The molecule has 0 fully saturated rings. The average Bonchev–Trinajstić information content (AvgIpc) is 2.08. The van der Waals surface area contributed by atoms with Gasteiger partial charge >= 0.3 is 0 Å². The van der Waals surface area contributed by atoms with Crippen LogP contribution in [0.2, 0.25) is 10.0 Å². The topological polar surface area (TPSA) is 29.1 Å². The third-order valence-electron chi connectivity index (χ3n) is 1.70. The largest absolute Gasteiger partial charge is 0.306 e. The van der Waals surface area contributed by atoms with Crippen molar-refractivity contribution >= 4 is 29.0 Å². The van der Waals surface area contributed by atoms with Gasteiger partial charge < -0.3 is 5.32 Å². The summed E-state index contributed by atoms with van der Waals surface area (Å²) in [5, 5.41) is 4.22. The van der Waals surface area contributed by atoms with Crippen molar-refractivity contribution in [3.05, 3.63) is 33.8 Å². The van der Waals surface area contributed by atoms with Gasteiger partial charge in [-0.2, -0.15) is 0 Å². The summed E-state index contributed by atoms with van der Waals surface area (Å²) in [7, 11) is 0. The fourth-order valence-corrected chi connectivity index (χ4v) is 1.51. The van der Waals surface area contributed by atoms with E-state index in [4.69, 9.17) is 23.2 Å². The Morgan fingerprint density at radius 3 is 2.71 bits per heavy atom. The molecule has 0 aromatic heterocycles. The van der Waals surface area contributed by atoms with E-state index in [1.807, 2.05) is 6.07 Å². The maximum Gasteiger partial charge on any atom is 0.143 e. The van der Waals surface area contributed by atoms with Crippen molar-refractivity contribution in [3.63, 3.8) is 0 Å². The van der Waals surface area contributed by atoms with Crippen LogP contribution in [0.3, 0.4) is 0 Å². The Balaban J connectivity index is 2.55. The lowest BCUT2D eigenvalue weighted by atomic mass is 10.2. The molecule has 1 rings (SSSR count). The molecule has 1 aromatic rings. The van der Waals surface area contributed by atoms with Crippen LogP contribution in [0.5, 0.6) is 0 Å². The van der Waals surface area contributed by atoms with Gasteiger partial charge in [0, 0.05) is 16.6 Å². The van der Waals surface area contributed by atoms with Gasteiger partial charge in [0.2, 0.25) is 0 Å². The highest BCUT2D eigenvalue weighted by Gasteiger charge is 2.01. The molecule has 1 aromatic carbocycles. The zero-order valence-corrected chi connectivity index (χ0v) is 9.32. The second-order valence-electron chi connectivity index (χ2n) is 3.04. The van der Waals surface area contributed by atoms with E-state index in [-0.39, 0.29) is 5.78 Å².